The largest absolute Gasteiger partial charge is 0.489 e. The first-order chi connectivity index (χ1) is 11.5. The summed E-state index contributed by atoms with van der Waals surface area (Å²) in [5.41, 5.74) is 7.02. The molecule has 1 atom stereocenters. The van der Waals surface area contributed by atoms with Crippen LogP contribution >= 0.6 is 11.6 Å². The molecular weight excluding hydrogens is 331 g/mol. The number of likely N-dealkylation sites (tertiary alicyclic amines) is 1. The van der Waals surface area contributed by atoms with Crippen LogP contribution in [0.4, 0.5) is 4.39 Å². The van der Waals surface area contributed by atoms with Crippen molar-refractivity contribution in [2.75, 3.05) is 6.54 Å². The van der Waals surface area contributed by atoms with Gasteiger partial charge in [0.05, 0.1) is 6.04 Å². The molecule has 1 fully saturated rings. The van der Waals surface area contributed by atoms with Crippen LogP contribution in [0.15, 0.2) is 42.5 Å². The van der Waals surface area contributed by atoms with Gasteiger partial charge in [-0.05, 0) is 41.8 Å². The number of hydrogen-bond acceptors (Lipinski definition) is 3. The van der Waals surface area contributed by atoms with Crippen LogP contribution in [0, 0.1) is 5.82 Å². The molecule has 6 heteroatoms. The highest BCUT2D eigenvalue weighted by atomic mass is 35.5. The summed E-state index contributed by atoms with van der Waals surface area (Å²) >= 11 is 6.31. The van der Waals surface area contributed by atoms with Crippen LogP contribution in [0.25, 0.3) is 0 Å². The Hall–Kier alpha value is -2.11. The molecule has 0 saturated carbocycles. The van der Waals surface area contributed by atoms with E-state index in [1.807, 2.05) is 17.0 Å². The molecule has 1 aliphatic heterocycles. The van der Waals surface area contributed by atoms with E-state index >= 15 is 0 Å². The Labute approximate surface area is 145 Å². The van der Waals surface area contributed by atoms with Crippen LogP contribution in [-0.2, 0) is 17.9 Å². The summed E-state index contributed by atoms with van der Waals surface area (Å²) in [6.07, 6.45) is 0.793. The third kappa shape index (κ3) is 3.86. The zero-order valence-electron chi connectivity index (χ0n) is 13.0. The number of primary amides is 1. The lowest BCUT2D eigenvalue weighted by atomic mass is 10.0. The quantitative estimate of drug-likeness (QED) is 0.872. The van der Waals surface area contributed by atoms with Crippen molar-refractivity contribution in [3.05, 3.63) is 64.4 Å². The molecule has 1 amide bonds. The molecule has 2 aromatic carbocycles. The summed E-state index contributed by atoms with van der Waals surface area (Å²) in [4.78, 5) is 13.3. The SMILES string of the molecule is NC(=O)[C@@H]1CCN1Cc1ccc(OCc2cccc(F)c2)cc1Cl. The van der Waals surface area contributed by atoms with E-state index in [0.29, 0.717) is 17.3 Å². The smallest absolute Gasteiger partial charge is 0.234 e. The van der Waals surface area contributed by atoms with E-state index in [-0.39, 0.29) is 24.4 Å². The van der Waals surface area contributed by atoms with E-state index in [1.165, 1.54) is 12.1 Å². The van der Waals surface area contributed by atoms with Crippen molar-refractivity contribution in [3.8, 4) is 5.75 Å². The van der Waals surface area contributed by atoms with Crippen LogP contribution in [-0.4, -0.2) is 23.4 Å². The number of benzene rings is 2. The Morgan fingerprint density at radius 2 is 2.17 bits per heavy atom. The third-order valence-electron chi connectivity index (χ3n) is 4.15. The van der Waals surface area contributed by atoms with Crippen molar-refractivity contribution in [3.63, 3.8) is 0 Å². The number of ether oxygens (including phenoxy) is 1. The zero-order valence-corrected chi connectivity index (χ0v) is 13.8. The highest BCUT2D eigenvalue weighted by molar-refractivity contribution is 6.31. The zero-order chi connectivity index (χ0) is 17.1. The summed E-state index contributed by atoms with van der Waals surface area (Å²) in [5, 5.41) is 0.571. The Balaban J connectivity index is 1.61. The van der Waals surface area contributed by atoms with Gasteiger partial charge in [-0.2, -0.15) is 0 Å². The molecule has 3 rings (SSSR count). The second-order valence-electron chi connectivity index (χ2n) is 5.85. The lowest BCUT2D eigenvalue weighted by molar-refractivity contribution is -0.127. The molecule has 0 unspecified atom stereocenters. The summed E-state index contributed by atoms with van der Waals surface area (Å²) in [5.74, 6) is 0.0264. The maximum absolute atomic E-state index is 13.1. The molecule has 0 spiro atoms. The summed E-state index contributed by atoms with van der Waals surface area (Å²) in [6, 6.07) is 11.5. The molecule has 2 aromatic rings. The summed E-state index contributed by atoms with van der Waals surface area (Å²) in [7, 11) is 0. The molecule has 0 radical (unpaired) electrons. The number of hydrogen-bond donors (Lipinski definition) is 1. The van der Waals surface area contributed by atoms with Crippen molar-refractivity contribution in [1.82, 2.24) is 4.90 Å². The molecule has 1 aliphatic rings. The van der Waals surface area contributed by atoms with Crippen LogP contribution in [0.1, 0.15) is 17.5 Å². The molecule has 0 aromatic heterocycles. The molecule has 0 aliphatic carbocycles. The van der Waals surface area contributed by atoms with E-state index in [0.717, 1.165) is 24.1 Å². The van der Waals surface area contributed by atoms with Gasteiger partial charge in [0, 0.05) is 18.1 Å². The molecule has 2 N–H and O–H groups in total. The lowest BCUT2D eigenvalue weighted by Gasteiger charge is -2.38. The number of carbonyl (C=O) groups excluding carboxylic acids is 1. The van der Waals surface area contributed by atoms with Gasteiger partial charge in [0.2, 0.25) is 5.91 Å². The standard InChI is InChI=1S/C18H18ClFN2O2/c19-16-9-15(24-11-12-2-1-3-14(20)8-12)5-4-13(16)10-22-7-6-17(22)18(21)23/h1-5,8-9,17H,6-7,10-11H2,(H2,21,23)/t17-/m0/s1. The Kier molecular flexibility index (Phi) is 5.02. The Morgan fingerprint density at radius 1 is 1.33 bits per heavy atom. The van der Waals surface area contributed by atoms with Crippen LogP contribution in [0.2, 0.25) is 5.02 Å². The normalized spacial score (nSPS) is 17.3. The van der Waals surface area contributed by atoms with Crippen LogP contribution < -0.4 is 10.5 Å². The van der Waals surface area contributed by atoms with Crippen LogP contribution in [0.5, 0.6) is 5.75 Å². The number of nitrogens with two attached hydrogens (primary N) is 1. The second kappa shape index (κ2) is 7.20. The monoisotopic (exact) mass is 348 g/mol. The van der Waals surface area contributed by atoms with E-state index in [9.17, 15) is 9.18 Å². The Morgan fingerprint density at radius 3 is 2.79 bits per heavy atom. The van der Waals surface area contributed by atoms with E-state index in [2.05, 4.69) is 0 Å². The highest BCUT2D eigenvalue weighted by Crippen LogP contribution is 2.27. The van der Waals surface area contributed by atoms with Gasteiger partial charge in [-0.3, -0.25) is 9.69 Å². The number of nitrogens with zero attached hydrogens (tertiary/aromatic N) is 1. The minimum atomic E-state index is -0.299. The van der Waals surface area contributed by atoms with Crippen LogP contribution in [0.3, 0.4) is 0 Å². The molecule has 24 heavy (non-hydrogen) atoms. The predicted molar refractivity (Wildman–Crippen MR) is 90.2 cm³/mol. The first-order valence-corrected chi connectivity index (χ1v) is 8.10. The summed E-state index contributed by atoms with van der Waals surface area (Å²) < 4.78 is 18.8. The van der Waals surface area contributed by atoms with Gasteiger partial charge in [0.25, 0.3) is 0 Å². The fraction of sp³-hybridized carbons (Fsp3) is 0.278. The van der Waals surface area contributed by atoms with E-state index in [1.54, 1.807) is 18.2 Å². The third-order valence-corrected chi connectivity index (χ3v) is 4.50. The average Bonchev–Trinajstić information content (AvgIpc) is 2.50. The summed E-state index contributed by atoms with van der Waals surface area (Å²) in [6.45, 7) is 1.68. The van der Waals surface area contributed by atoms with Crippen molar-refractivity contribution >= 4 is 17.5 Å². The highest BCUT2D eigenvalue weighted by Gasteiger charge is 2.32. The average molecular weight is 349 g/mol. The number of amides is 1. The molecule has 1 heterocycles. The number of carbonyl (C=O) groups is 1. The predicted octanol–water partition coefficient (Wildman–Crippen LogP) is 3.12. The fourth-order valence-corrected chi connectivity index (χ4v) is 2.94. The molecule has 4 nitrogen and oxygen atoms in total. The second-order valence-corrected chi connectivity index (χ2v) is 6.26. The first-order valence-electron chi connectivity index (χ1n) is 7.72. The molecule has 0 bridgehead atoms. The Bertz CT molecular complexity index is 754. The van der Waals surface area contributed by atoms with Gasteiger partial charge in [-0.15, -0.1) is 0 Å². The van der Waals surface area contributed by atoms with Gasteiger partial charge >= 0.3 is 0 Å². The van der Waals surface area contributed by atoms with E-state index in [4.69, 9.17) is 22.1 Å². The fourth-order valence-electron chi connectivity index (χ4n) is 2.71. The lowest BCUT2D eigenvalue weighted by Crippen LogP contribution is -2.54. The van der Waals surface area contributed by atoms with E-state index < -0.39 is 0 Å². The topological polar surface area (TPSA) is 55.6 Å². The molecule has 1 saturated heterocycles. The molecular formula is C18H18ClFN2O2. The van der Waals surface area contributed by atoms with Gasteiger partial charge in [-0.25, -0.2) is 4.39 Å². The minimum Gasteiger partial charge on any atom is -0.489 e. The maximum atomic E-state index is 13.1. The van der Waals surface area contributed by atoms with Crippen molar-refractivity contribution < 1.29 is 13.9 Å². The number of halogens is 2. The molecule has 126 valence electrons. The maximum Gasteiger partial charge on any atom is 0.234 e. The van der Waals surface area contributed by atoms with Crippen molar-refractivity contribution in [2.24, 2.45) is 5.73 Å². The number of rotatable bonds is 6. The van der Waals surface area contributed by atoms with Crippen molar-refractivity contribution in [1.29, 1.82) is 0 Å². The van der Waals surface area contributed by atoms with Gasteiger partial charge in [0.1, 0.15) is 18.2 Å². The van der Waals surface area contributed by atoms with Gasteiger partial charge in [0.15, 0.2) is 0 Å². The van der Waals surface area contributed by atoms with Gasteiger partial charge in [-0.1, -0.05) is 29.8 Å². The first kappa shape index (κ1) is 16.7. The minimum absolute atomic E-state index is 0.204. The van der Waals surface area contributed by atoms with Gasteiger partial charge < -0.3 is 10.5 Å². The van der Waals surface area contributed by atoms with Crippen molar-refractivity contribution in [2.45, 2.75) is 25.6 Å².